The van der Waals surface area contributed by atoms with Crippen molar-refractivity contribution in [2.75, 3.05) is 11.9 Å². The molecule has 7 heteroatoms. The molecule has 0 unspecified atom stereocenters. The second-order valence-corrected chi connectivity index (χ2v) is 10.1. The number of rotatable bonds is 7. The van der Waals surface area contributed by atoms with E-state index in [2.05, 4.69) is 5.32 Å². The number of nitrogens with zero attached hydrogens (tertiary/aromatic N) is 1. The summed E-state index contributed by atoms with van der Waals surface area (Å²) in [6, 6.07) is 13.8. The number of fused-ring (bicyclic) bond motifs is 5. The number of imide groups is 1. The van der Waals surface area contributed by atoms with E-state index in [0.29, 0.717) is 5.69 Å². The standard InChI is InChI=1S/C28H30N2O5/c1-16-7-6-8-17(2)25(16)29-22(31)15-35-28(34)21(13-18-9-4-3-5-10-18)30-26(32)23-19-11-12-20(14-19)24(23)27(30)33/h3-10,19-21,23-24H,11-15H2,1-2H3,(H,29,31)/t19-,20-,21-,23-,24-/m0/s1. The van der Waals surface area contributed by atoms with Crippen molar-refractivity contribution in [1.29, 1.82) is 0 Å². The second kappa shape index (κ2) is 9.29. The lowest BCUT2D eigenvalue weighted by atomic mass is 9.81. The average Bonchev–Trinajstić information content (AvgIpc) is 3.53. The average molecular weight is 475 g/mol. The van der Waals surface area contributed by atoms with Crippen LogP contribution in [-0.2, 0) is 30.3 Å². The van der Waals surface area contributed by atoms with E-state index in [-0.39, 0.29) is 41.9 Å². The van der Waals surface area contributed by atoms with Crippen LogP contribution in [0, 0.1) is 37.5 Å². The van der Waals surface area contributed by atoms with Crippen LogP contribution in [0.5, 0.6) is 0 Å². The zero-order chi connectivity index (χ0) is 24.7. The molecule has 2 aromatic rings. The Balaban J connectivity index is 1.33. The van der Waals surface area contributed by atoms with E-state index in [4.69, 9.17) is 4.74 Å². The van der Waals surface area contributed by atoms with Gasteiger partial charge in [-0.2, -0.15) is 0 Å². The quantitative estimate of drug-likeness (QED) is 0.490. The third kappa shape index (κ3) is 4.24. The fraction of sp³-hybridized carbons (Fsp3) is 0.429. The topological polar surface area (TPSA) is 92.8 Å². The molecule has 2 aromatic carbocycles. The summed E-state index contributed by atoms with van der Waals surface area (Å²) in [4.78, 5) is 53.8. The molecule has 1 saturated heterocycles. The van der Waals surface area contributed by atoms with Crippen LogP contribution in [0.1, 0.15) is 36.0 Å². The van der Waals surface area contributed by atoms with Crippen molar-refractivity contribution in [1.82, 2.24) is 4.90 Å². The van der Waals surface area contributed by atoms with Gasteiger partial charge in [0, 0.05) is 12.1 Å². The number of nitrogens with one attached hydrogen (secondary N) is 1. The molecule has 1 heterocycles. The van der Waals surface area contributed by atoms with Gasteiger partial charge in [0.05, 0.1) is 11.8 Å². The van der Waals surface area contributed by atoms with Gasteiger partial charge < -0.3 is 10.1 Å². The Morgan fingerprint density at radius 1 is 0.943 bits per heavy atom. The Morgan fingerprint density at radius 2 is 1.54 bits per heavy atom. The van der Waals surface area contributed by atoms with Gasteiger partial charge in [-0.1, -0.05) is 48.5 Å². The molecule has 1 N–H and O–H groups in total. The van der Waals surface area contributed by atoms with Crippen molar-refractivity contribution in [3.8, 4) is 0 Å². The van der Waals surface area contributed by atoms with Crippen LogP contribution in [0.2, 0.25) is 0 Å². The number of aryl methyl sites for hydroxylation is 2. The lowest BCUT2D eigenvalue weighted by Crippen LogP contribution is -2.48. The molecular weight excluding hydrogens is 444 g/mol. The normalized spacial score (nSPS) is 25.5. The van der Waals surface area contributed by atoms with E-state index in [1.165, 1.54) is 0 Å². The van der Waals surface area contributed by atoms with Crippen LogP contribution in [0.3, 0.4) is 0 Å². The summed E-state index contributed by atoms with van der Waals surface area (Å²) in [6.07, 6.45) is 3.01. The maximum absolute atomic E-state index is 13.4. The Labute approximate surface area is 204 Å². The molecule has 5 atom stereocenters. The van der Waals surface area contributed by atoms with Crippen LogP contribution >= 0.6 is 0 Å². The van der Waals surface area contributed by atoms with Crippen molar-refractivity contribution in [3.63, 3.8) is 0 Å². The highest BCUT2D eigenvalue weighted by Crippen LogP contribution is 2.56. The van der Waals surface area contributed by atoms with Gasteiger partial charge in [-0.15, -0.1) is 0 Å². The Bertz CT molecular complexity index is 1130. The maximum Gasteiger partial charge on any atom is 0.330 e. The van der Waals surface area contributed by atoms with E-state index in [0.717, 1.165) is 40.9 Å². The van der Waals surface area contributed by atoms with Crippen LogP contribution in [0.4, 0.5) is 5.69 Å². The molecular formula is C28H30N2O5. The highest BCUT2D eigenvalue weighted by molar-refractivity contribution is 6.08. The summed E-state index contributed by atoms with van der Waals surface area (Å²) in [5.74, 6) is -1.91. The Hall–Kier alpha value is -3.48. The van der Waals surface area contributed by atoms with Crippen molar-refractivity contribution < 1.29 is 23.9 Å². The fourth-order valence-corrected chi connectivity index (χ4v) is 6.28. The molecule has 7 nitrogen and oxygen atoms in total. The summed E-state index contributed by atoms with van der Waals surface area (Å²) in [5, 5.41) is 2.80. The van der Waals surface area contributed by atoms with E-state index >= 15 is 0 Å². The number of para-hydroxylation sites is 1. The number of carbonyl (C=O) groups excluding carboxylic acids is 4. The maximum atomic E-state index is 13.4. The SMILES string of the molecule is Cc1cccc(C)c1NC(=O)COC(=O)[C@H](Cc1ccccc1)N1C(=O)[C@H]2[C@H]3CC[C@@H](C3)[C@@H]2C1=O. The Kier molecular flexibility index (Phi) is 6.17. The van der Waals surface area contributed by atoms with Gasteiger partial charge in [-0.25, -0.2) is 4.79 Å². The zero-order valence-electron chi connectivity index (χ0n) is 20.0. The van der Waals surface area contributed by atoms with Crippen LogP contribution in [0.15, 0.2) is 48.5 Å². The van der Waals surface area contributed by atoms with Crippen LogP contribution in [0.25, 0.3) is 0 Å². The number of anilines is 1. The third-order valence-corrected chi connectivity index (χ3v) is 7.91. The number of benzene rings is 2. The molecule has 0 aromatic heterocycles. The molecule has 3 aliphatic rings. The number of amides is 3. The zero-order valence-corrected chi connectivity index (χ0v) is 20.0. The number of carbonyl (C=O) groups is 4. The number of hydrogen-bond donors (Lipinski definition) is 1. The molecule has 3 amide bonds. The van der Waals surface area contributed by atoms with Gasteiger partial charge in [-0.3, -0.25) is 19.3 Å². The highest BCUT2D eigenvalue weighted by atomic mass is 16.5. The lowest BCUT2D eigenvalue weighted by Gasteiger charge is -2.26. The molecule has 35 heavy (non-hydrogen) atoms. The predicted molar refractivity (Wildman–Crippen MR) is 129 cm³/mol. The summed E-state index contributed by atoms with van der Waals surface area (Å²) in [7, 11) is 0. The number of ether oxygens (including phenoxy) is 1. The first-order valence-electron chi connectivity index (χ1n) is 12.3. The Morgan fingerprint density at radius 3 is 2.14 bits per heavy atom. The van der Waals surface area contributed by atoms with Crippen LogP contribution < -0.4 is 5.32 Å². The smallest absolute Gasteiger partial charge is 0.330 e. The van der Waals surface area contributed by atoms with Crippen molar-refractivity contribution in [2.45, 2.75) is 45.6 Å². The summed E-state index contributed by atoms with van der Waals surface area (Å²) < 4.78 is 5.39. The number of esters is 1. The molecule has 1 aliphatic heterocycles. The molecule has 5 rings (SSSR count). The minimum absolute atomic E-state index is 0.157. The van der Waals surface area contributed by atoms with Gasteiger partial charge >= 0.3 is 5.97 Å². The van der Waals surface area contributed by atoms with Gasteiger partial charge in [0.2, 0.25) is 11.8 Å². The monoisotopic (exact) mass is 474 g/mol. The van der Waals surface area contributed by atoms with Crippen LogP contribution in [-0.4, -0.2) is 41.2 Å². The largest absolute Gasteiger partial charge is 0.454 e. The van der Waals surface area contributed by atoms with E-state index in [9.17, 15) is 19.2 Å². The van der Waals surface area contributed by atoms with Gasteiger partial charge in [0.1, 0.15) is 6.04 Å². The third-order valence-electron chi connectivity index (χ3n) is 7.91. The number of hydrogen-bond acceptors (Lipinski definition) is 5. The van der Waals surface area contributed by atoms with Gasteiger partial charge in [0.25, 0.3) is 5.91 Å². The van der Waals surface area contributed by atoms with Crippen molar-refractivity contribution in [3.05, 3.63) is 65.2 Å². The molecule has 0 spiro atoms. The first-order valence-corrected chi connectivity index (χ1v) is 12.3. The molecule has 3 fully saturated rings. The first-order chi connectivity index (χ1) is 16.8. The highest BCUT2D eigenvalue weighted by Gasteiger charge is 2.62. The first kappa shape index (κ1) is 23.3. The summed E-state index contributed by atoms with van der Waals surface area (Å²) in [5.41, 5.74) is 3.31. The summed E-state index contributed by atoms with van der Waals surface area (Å²) >= 11 is 0. The van der Waals surface area contributed by atoms with E-state index in [1.807, 2.05) is 62.4 Å². The number of likely N-dealkylation sites (tertiary alicyclic amines) is 1. The predicted octanol–water partition coefficient (Wildman–Crippen LogP) is 3.43. The minimum atomic E-state index is -1.09. The molecule has 2 bridgehead atoms. The van der Waals surface area contributed by atoms with Crippen molar-refractivity contribution >= 4 is 29.4 Å². The minimum Gasteiger partial charge on any atom is -0.454 e. The molecule has 2 aliphatic carbocycles. The second-order valence-electron chi connectivity index (χ2n) is 10.1. The van der Waals surface area contributed by atoms with E-state index < -0.39 is 24.5 Å². The molecule has 2 saturated carbocycles. The molecule has 0 radical (unpaired) electrons. The van der Waals surface area contributed by atoms with Gasteiger partial charge in [-0.05, 0) is 61.6 Å². The fourth-order valence-electron chi connectivity index (χ4n) is 6.28. The summed E-state index contributed by atoms with van der Waals surface area (Å²) in [6.45, 7) is 3.28. The molecule has 182 valence electrons. The lowest BCUT2D eigenvalue weighted by molar-refractivity contribution is -0.160. The van der Waals surface area contributed by atoms with E-state index in [1.54, 1.807) is 0 Å². The van der Waals surface area contributed by atoms with Gasteiger partial charge in [0.15, 0.2) is 6.61 Å². The van der Waals surface area contributed by atoms with Crippen molar-refractivity contribution in [2.24, 2.45) is 23.7 Å².